The van der Waals surface area contributed by atoms with Gasteiger partial charge in [0.2, 0.25) is 0 Å². The molecule has 3 nitrogen and oxygen atoms in total. The molecule has 0 saturated carbocycles. The summed E-state index contributed by atoms with van der Waals surface area (Å²) in [6.45, 7) is 5.40. The maximum absolute atomic E-state index is 13.5. The van der Waals surface area contributed by atoms with E-state index in [0.29, 0.717) is 5.56 Å². The minimum Gasteiger partial charge on any atom is -0.394 e. The maximum atomic E-state index is 13.5. The van der Waals surface area contributed by atoms with Gasteiger partial charge < -0.3 is 10.4 Å². The fraction of sp³-hybridized carbons (Fsp3) is 0.538. The van der Waals surface area contributed by atoms with Crippen LogP contribution in [0, 0.1) is 12.7 Å². The molecule has 4 heteroatoms. The number of nitrogens with one attached hydrogen (secondary N) is 1. The van der Waals surface area contributed by atoms with Crippen molar-refractivity contribution in [1.29, 1.82) is 0 Å². The summed E-state index contributed by atoms with van der Waals surface area (Å²) in [5.74, 6) is -0.198. The minimum atomic E-state index is -0.198. The molecule has 0 radical (unpaired) electrons. The van der Waals surface area contributed by atoms with Gasteiger partial charge in [-0.3, -0.25) is 4.90 Å². The lowest BCUT2D eigenvalue weighted by Crippen LogP contribution is -2.46. The Labute approximate surface area is 101 Å². The monoisotopic (exact) mass is 238 g/mol. The van der Waals surface area contributed by atoms with Gasteiger partial charge in [-0.2, -0.15) is 0 Å². The Kier molecular flexibility index (Phi) is 4.10. The standard InChI is InChI=1S/C13H19FN2O/c1-10-2-3-11(8-12(10)14)13(9-17)16-6-4-15-5-7-16/h2-3,8,13,15,17H,4-7,9H2,1H3/t13-/m0/s1. The fourth-order valence-corrected chi connectivity index (χ4v) is 2.24. The number of hydrogen-bond donors (Lipinski definition) is 2. The summed E-state index contributed by atoms with van der Waals surface area (Å²) in [7, 11) is 0. The third kappa shape index (κ3) is 2.83. The molecular weight excluding hydrogens is 219 g/mol. The van der Waals surface area contributed by atoms with E-state index in [-0.39, 0.29) is 18.5 Å². The normalized spacial score (nSPS) is 19.2. The first-order valence-electron chi connectivity index (χ1n) is 6.04. The van der Waals surface area contributed by atoms with E-state index in [1.165, 1.54) is 6.07 Å². The molecule has 1 aliphatic heterocycles. The summed E-state index contributed by atoms with van der Waals surface area (Å²) in [4.78, 5) is 2.20. The topological polar surface area (TPSA) is 35.5 Å². The van der Waals surface area contributed by atoms with Crippen molar-refractivity contribution in [3.8, 4) is 0 Å². The molecule has 17 heavy (non-hydrogen) atoms. The average molecular weight is 238 g/mol. The van der Waals surface area contributed by atoms with Crippen molar-refractivity contribution in [2.24, 2.45) is 0 Å². The number of hydrogen-bond acceptors (Lipinski definition) is 3. The molecule has 0 unspecified atom stereocenters. The summed E-state index contributed by atoms with van der Waals surface area (Å²) in [5, 5.41) is 12.8. The number of aliphatic hydroxyl groups is 1. The number of nitrogens with zero attached hydrogens (tertiary/aromatic N) is 1. The van der Waals surface area contributed by atoms with Gasteiger partial charge in [0.05, 0.1) is 12.6 Å². The molecule has 1 saturated heterocycles. The van der Waals surface area contributed by atoms with Crippen LogP contribution < -0.4 is 5.32 Å². The fourth-order valence-electron chi connectivity index (χ4n) is 2.24. The first-order valence-corrected chi connectivity index (χ1v) is 6.04. The second-order valence-electron chi connectivity index (χ2n) is 4.49. The van der Waals surface area contributed by atoms with Crippen molar-refractivity contribution in [2.75, 3.05) is 32.8 Å². The number of rotatable bonds is 3. The van der Waals surface area contributed by atoms with E-state index in [1.54, 1.807) is 13.0 Å². The molecule has 1 atom stereocenters. The van der Waals surface area contributed by atoms with Crippen LogP contribution >= 0.6 is 0 Å². The van der Waals surface area contributed by atoms with Crippen LogP contribution in [0.5, 0.6) is 0 Å². The Balaban J connectivity index is 2.18. The van der Waals surface area contributed by atoms with E-state index in [9.17, 15) is 9.50 Å². The summed E-state index contributed by atoms with van der Waals surface area (Å²) in [5.41, 5.74) is 1.50. The third-order valence-corrected chi connectivity index (χ3v) is 3.35. The second-order valence-corrected chi connectivity index (χ2v) is 4.49. The minimum absolute atomic E-state index is 0.0303. The smallest absolute Gasteiger partial charge is 0.126 e. The van der Waals surface area contributed by atoms with E-state index >= 15 is 0 Å². The van der Waals surface area contributed by atoms with Gasteiger partial charge >= 0.3 is 0 Å². The molecular formula is C13H19FN2O. The molecule has 1 aromatic carbocycles. The zero-order valence-electron chi connectivity index (χ0n) is 10.1. The molecule has 94 valence electrons. The highest BCUT2D eigenvalue weighted by molar-refractivity contribution is 5.26. The molecule has 0 aromatic heterocycles. The number of piperazine rings is 1. The predicted octanol–water partition coefficient (Wildman–Crippen LogP) is 1.07. The molecule has 0 aliphatic carbocycles. The molecule has 0 spiro atoms. The van der Waals surface area contributed by atoms with Crippen molar-refractivity contribution in [2.45, 2.75) is 13.0 Å². The Hall–Kier alpha value is -0.970. The molecule has 2 rings (SSSR count). The zero-order valence-corrected chi connectivity index (χ0v) is 10.1. The van der Waals surface area contributed by atoms with E-state index in [2.05, 4.69) is 10.2 Å². The molecule has 2 N–H and O–H groups in total. The Morgan fingerprint density at radius 2 is 2.12 bits per heavy atom. The van der Waals surface area contributed by atoms with Gasteiger partial charge in [0, 0.05) is 26.2 Å². The molecule has 1 fully saturated rings. The summed E-state index contributed by atoms with van der Waals surface area (Å²) < 4.78 is 13.5. The van der Waals surface area contributed by atoms with Crippen LogP contribution in [0.2, 0.25) is 0 Å². The van der Waals surface area contributed by atoms with Crippen molar-refractivity contribution >= 4 is 0 Å². The molecule has 1 aliphatic rings. The van der Waals surface area contributed by atoms with Crippen molar-refractivity contribution in [1.82, 2.24) is 10.2 Å². The van der Waals surface area contributed by atoms with Gasteiger partial charge in [-0.25, -0.2) is 4.39 Å². The van der Waals surface area contributed by atoms with Gasteiger partial charge in [0.25, 0.3) is 0 Å². The van der Waals surface area contributed by atoms with Crippen molar-refractivity contribution < 1.29 is 9.50 Å². The second kappa shape index (κ2) is 5.58. The van der Waals surface area contributed by atoms with Crippen LogP contribution in [0.15, 0.2) is 18.2 Å². The predicted molar refractivity (Wildman–Crippen MR) is 65.4 cm³/mol. The molecule has 0 amide bonds. The lowest BCUT2D eigenvalue weighted by Gasteiger charge is -2.34. The van der Waals surface area contributed by atoms with Crippen LogP contribution in [0.1, 0.15) is 17.2 Å². The summed E-state index contributed by atoms with van der Waals surface area (Å²) in [6, 6.07) is 5.13. The summed E-state index contributed by atoms with van der Waals surface area (Å²) >= 11 is 0. The highest BCUT2D eigenvalue weighted by atomic mass is 19.1. The van der Waals surface area contributed by atoms with Gasteiger partial charge in [-0.1, -0.05) is 12.1 Å². The third-order valence-electron chi connectivity index (χ3n) is 3.35. The lowest BCUT2D eigenvalue weighted by atomic mass is 10.0. The lowest BCUT2D eigenvalue weighted by molar-refractivity contribution is 0.110. The number of aryl methyl sites for hydroxylation is 1. The highest BCUT2D eigenvalue weighted by Crippen LogP contribution is 2.22. The van der Waals surface area contributed by atoms with Crippen LogP contribution in [-0.4, -0.2) is 42.8 Å². The maximum Gasteiger partial charge on any atom is 0.126 e. The Bertz CT molecular complexity index is 378. The summed E-state index contributed by atoms with van der Waals surface area (Å²) in [6.07, 6.45) is 0. The molecule has 1 heterocycles. The zero-order chi connectivity index (χ0) is 12.3. The SMILES string of the molecule is Cc1ccc([C@H](CO)N2CCNCC2)cc1F. The Morgan fingerprint density at radius 1 is 1.41 bits per heavy atom. The van der Waals surface area contributed by atoms with E-state index in [0.717, 1.165) is 31.7 Å². The number of halogens is 1. The quantitative estimate of drug-likeness (QED) is 0.827. The number of aliphatic hydroxyl groups excluding tert-OH is 1. The van der Waals surface area contributed by atoms with Crippen LogP contribution in [-0.2, 0) is 0 Å². The van der Waals surface area contributed by atoms with Crippen molar-refractivity contribution in [3.63, 3.8) is 0 Å². The van der Waals surface area contributed by atoms with Crippen molar-refractivity contribution in [3.05, 3.63) is 35.1 Å². The first-order chi connectivity index (χ1) is 8.22. The first kappa shape index (κ1) is 12.5. The highest BCUT2D eigenvalue weighted by Gasteiger charge is 2.21. The van der Waals surface area contributed by atoms with Crippen LogP contribution in [0.25, 0.3) is 0 Å². The van der Waals surface area contributed by atoms with Gasteiger partial charge in [0.15, 0.2) is 0 Å². The Morgan fingerprint density at radius 3 is 2.71 bits per heavy atom. The van der Waals surface area contributed by atoms with E-state index in [1.807, 2.05) is 6.07 Å². The van der Waals surface area contributed by atoms with Crippen LogP contribution in [0.4, 0.5) is 4.39 Å². The van der Waals surface area contributed by atoms with Crippen LogP contribution in [0.3, 0.4) is 0 Å². The van der Waals surface area contributed by atoms with Gasteiger partial charge in [-0.05, 0) is 24.1 Å². The molecule has 0 bridgehead atoms. The van der Waals surface area contributed by atoms with Gasteiger partial charge in [0.1, 0.15) is 5.82 Å². The number of benzene rings is 1. The van der Waals surface area contributed by atoms with E-state index in [4.69, 9.17) is 0 Å². The largest absolute Gasteiger partial charge is 0.394 e. The van der Waals surface area contributed by atoms with E-state index < -0.39 is 0 Å². The average Bonchev–Trinajstić information content (AvgIpc) is 2.36. The van der Waals surface area contributed by atoms with Gasteiger partial charge in [-0.15, -0.1) is 0 Å². The molecule has 1 aromatic rings.